The zero-order valence-corrected chi connectivity index (χ0v) is 11.4. The molecule has 0 N–H and O–H groups in total. The Bertz CT molecular complexity index is 186. The molecule has 96 valence electrons. The second-order valence-electron chi connectivity index (χ2n) is 5.08. The van der Waals surface area contributed by atoms with Crippen molar-refractivity contribution in [3.8, 4) is 0 Å². The van der Waals surface area contributed by atoms with Crippen LogP contribution < -0.4 is 0 Å². The van der Waals surface area contributed by atoms with Crippen molar-refractivity contribution < 1.29 is 0 Å². The van der Waals surface area contributed by atoms with E-state index in [0.717, 1.165) is 19.6 Å². The molecule has 1 fully saturated rings. The van der Waals surface area contributed by atoms with Gasteiger partial charge in [0.2, 0.25) is 0 Å². The molecule has 0 spiro atoms. The zero-order valence-electron chi connectivity index (χ0n) is 11.4. The first kappa shape index (κ1) is 13.9. The lowest BCUT2D eigenvalue weighted by molar-refractivity contribution is 0.0158. The van der Waals surface area contributed by atoms with Crippen LogP contribution in [0, 0.1) is 0 Å². The monoisotopic (exact) mass is 228 g/mol. The normalized spacial score (nSPS) is 26.2. The SMILES string of the molecule is CN1CCCN(C)CCN(C)N(C)CCC1. The van der Waals surface area contributed by atoms with E-state index in [1.807, 2.05) is 0 Å². The molecule has 0 bridgehead atoms. The molecule has 4 nitrogen and oxygen atoms in total. The van der Waals surface area contributed by atoms with E-state index in [0.29, 0.717) is 0 Å². The van der Waals surface area contributed by atoms with Gasteiger partial charge in [-0.3, -0.25) is 0 Å². The molecule has 1 saturated heterocycles. The second kappa shape index (κ2) is 7.22. The smallest absolute Gasteiger partial charge is 0.0257 e. The Labute approximate surface area is 101 Å². The van der Waals surface area contributed by atoms with Gasteiger partial charge in [-0.2, -0.15) is 0 Å². The van der Waals surface area contributed by atoms with Crippen LogP contribution in [0.5, 0.6) is 0 Å². The van der Waals surface area contributed by atoms with E-state index in [4.69, 9.17) is 0 Å². The molecule has 4 heteroatoms. The van der Waals surface area contributed by atoms with Gasteiger partial charge in [0.1, 0.15) is 0 Å². The third-order valence-electron chi connectivity index (χ3n) is 3.49. The van der Waals surface area contributed by atoms with Crippen LogP contribution in [0.3, 0.4) is 0 Å². The summed E-state index contributed by atoms with van der Waals surface area (Å²) in [7, 11) is 8.82. The van der Waals surface area contributed by atoms with Gasteiger partial charge in [0.05, 0.1) is 0 Å². The molecule has 1 heterocycles. The van der Waals surface area contributed by atoms with Gasteiger partial charge in [-0.05, 0) is 46.6 Å². The number of rotatable bonds is 0. The van der Waals surface area contributed by atoms with Crippen molar-refractivity contribution in [1.82, 2.24) is 19.8 Å². The first-order chi connectivity index (χ1) is 7.59. The Morgan fingerprint density at radius 2 is 0.938 bits per heavy atom. The Kier molecular flexibility index (Phi) is 6.28. The van der Waals surface area contributed by atoms with E-state index in [1.165, 1.54) is 32.5 Å². The fraction of sp³-hybridized carbons (Fsp3) is 1.00. The van der Waals surface area contributed by atoms with Crippen LogP contribution in [0.15, 0.2) is 0 Å². The lowest BCUT2D eigenvalue weighted by Gasteiger charge is -2.31. The maximum Gasteiger partial charge on any atom is 0.0257 e. The molecule has 0 radical (unpaired) electrons. The van der Waals surface area contributed by atoms with E-state index >= 15 is 0 Å². The minimum atomic E-state index is 1.13. The van der Waals surface area contributed by atoms with Crippen molar-refractivity contribution in [3.05, 3.63) is 0 Å². The number of nitrogens with zero attached hydrogens (tertiary/aromatic N) is 4. The van der Waals surface area contributed by atoms with Crippen molar-refractivity contribution in [3.63, 3.8) is 0 Å². The maximum atomic E-state index is 2.45. The summed E-state index contributed by atoms with van der Waals surface area (Å²) >= 11 is 0. The highest BCUT2D eigenvalue weighted by molar-refractivity contribution is 4.61. The molecule has 1 aliphatic rings. The van der Waals surface area contributed by atoms with Crippen LogP contribution >= 0.6 is 0 Å². The van der Waals surface area contributed by atoms with Crippen LogP contribution in [-0.4, -0.2) is 87.3 Å². The molecule has 0 atom stereocenters. The zero-order chi connectivity index (χ0) is 12.0. The van der Waals surface area contributed by atoms with E-state index in [-0.39, 0.29) is 0 Å². The van der Waals surface area contributed by atoms with Gasteiger partial charge in [0.15, 0.2) is 0 Å². The van der Waals surface area contributed by atoms with Gasteiger partial charge in [0.25, 0.3) is 0 Å². The van der Waals surface area contributed by atoms with Crippen LogP contribution in [0.25, 0.3) is 0 Å². The van der Waals surface area contributed by atoms with Gasteiger partial charge >= 0.3 is 0 Å². The summed E-state index contributed by atoms with van der Waals surface area (Å²) < 4.78 is 0. The van der Waals surface area contributed by atoms with Crippen molar-refractivity contribution in [2.75, 3.05) is 67.5 Å². The third kappa shape index (κ3) is 5.25. The van der Waals surface area contributed by atoms with E-state index < -0.39 is 0 Å². The molecule has 0 saturated carbocycles. The first-order valence-electron chi connectivity index (χ1n) is 6.39. The average Bonchev–Trinajstić information content (AvgIpc) is 2.24. The molecule has 0 aromatic carbocycles. The minimum absolute atomic E-state index is 1.13. The molecule has 16 heavy (non-hydrogen) atoms. The first-order valence-corrected chi connectivity index (χ1v) is 6.39. The van der Waals surface area contributed by atoms with Crippen molar-refractivity contribution >= 4 is 0 Å². The number of hydrogen-bond acceptors (Lipinski definition) is 4. The molecule has 1 rings (SSSR count). The Balaban J connectivity index is 2.41. The highest BCUT2D eigenvalue weighted by Crippen LogP contribution is 1.99. The lowest BCUT2D eigenvalue weighted by Crippen LogP contribution is -2.43. The summed E-state index contributed by atoms with van der Waals surface area (Å²) in [5.41, 5.74) is 0. The minimum Gasteiger partial charge on any atom is -0.306 e. The molecule has 1 aliphatic heterocycles. The van der Waals surface area contributed by atoms with Gasteiger partial charge < -0.3 is 9.80 Å². The summed E-state index contributed by atoms with van der Waals surface area (Å²) in [4.78, 5) is 4.88. The Morgan fingerprint density at radius 1 is 0.500 bits per heavy atom. The summed E-state index contributed by atoms with van der Waals surface area (Å²) in [6.45, 7) is 7.09. The van der Waals surface area contributed by atoms with E-state index in [9.17, 15) is 0 Å². The summed E-state index contributed by atoms with van der Waals surface area (Å²) in [5.74, 6) is 0. The van der Waals surface area contributed by atoms with Gasteiger partial charge in [0, 0.05) is 33.7 Å². The number of likely N-dealkylation sites (N-methyl/N-ethyl adjacent to an activating group) is 2. The molecule has 0 aromatic heterocycles. The van der Waals surface area contributed by atoms with Crippen LogP contribution in [0.1, 0.15) is 12.8 Å². The van der Waals surface area contributed by atoms with Crippen molar-refractivity contribution in [2.45, 2.75) is 12.8 Å². The fourth-order valence-corrected chi connectivity index (χ4v) is 2.06. The largest absolute Gasteiger partial charge is 0.306 e. The second-order valence-corrected chi connectivity index (χ2v) is 5.08. The van der Waals surface area contributed by atoms with E-state index in [1.54, 1.807) is 0 Å². The predicted octanol–water partition coefficient (Wildman–Crippen LogP) is 0.422. The Hall–Kier alpha value is -0.160. The standard InChI is InChI=1S/C12H28N4/c1-13-7-5-8-14(2)11-12-16(4)15(3)10-6-9-13/h5-12H2,1-4H3. The quantitative estimate of drug-likeness (QED) is 0.596. The summed E-state index contributed by atoms with van der Waals surface area (Å²) in [6, 6.07) is 0. The molecular formula is C12H28N4. The highest BCUT2D eigenvalue weighted by Gasteiger charge is 2.09. The van der Waals surface area contributed by atoms with Crippen molar-refractivity contribution in [2.24, 2.45) is 0 Å². The summed E-state index contributed by atoms with van der Waals surface area (Å²) in [6.07, 6.45) is 2.54. The van der Waals surface area contributed by atoms with Gasteiger partial charge in [-0.25, -0.2) is 10.0 Å². The van der Waals surface area contributed by atoms with E-state index in [2.05, 4.69) is 48.0 Å². The van der Waals surface area contributed by atoms with Crippen molar-refractivity contribution in [1.29, 1.82) is 0 Å². The molecule has 0 aromatic rings. The van der Waals surface area contributed by atoms with Crippen LogP contribution in [-0.2, 0) is 0 Å². The Morgan fingerprint density at radius 3 is 1.56 bits per heavy atom. The lowest BCUT2D eigenvalue weighted by atomic mass is 10.3. The summed E-state index contributed by atoms with van der Waals surface area (Å²) in [5, 5.41) is 4.67. The van der Waals surface area contributed by atoms with Crippen LogP contribution in [0.4, 0.5) is 0 Å². The van der Waals surface area contributed by atoms with Gasteiger partial charge in [-0.15, -0.1) is 0 Å². The maximum absolute atomic E-state index is 2.45. The molecular weight excluding hydrogens is 200 g/mol. The number of hydrazine groups is 1. The molecule has 0 aliphatic carbocycles. The highest BCUT2D eigenvalue weighted by atomic mass is 15.6. The third-order valence-corrected chi connectivity index (χ3v) is 3.49. The average molecular weight is 228 g/mol. The molecule has 0 unspecified atom stereocenters. The molecule has 0 amide bonds. The van der Waals surface area contributed by atoms with Crippen LogP contribution in [0.2, 0.25) is 0 Å². The predicted molar refractivity (Wildman–Crippen MR) is 69.5 cm³/mol. The van der Waals surface area contributed by atoms with Gasteiger partial charge in [-0.1, -0.05) is 0 Å². The topological polar surface area (TPSA) is 13.0 Å². The fourth-order valence-electron chi connectivity index (χ4n) is 2.06. The number of hydrogen-bond donors (Lipinski definition) is 0.